The fraction of sp³-hybridized carbons (Fsp3) is 0.188. The van der Waals surface area contributed by atoms with E-state index in [0.717, 1.165) is 11.1 Å². The van der Waals surface area contributed by atoms with Gasteiger partial charge in [0.2, 0.25) is 0 Å². The van der Waals surface area contributed by atoms with Crippen LogP contribution in [-0.2, 0) is 6.54 Å². The van der Waals surface area contributed by atoms with E-state index in [1.807, 2.05) is 18.2 Å². The molecule has 1 heterocycles. The molecule has 1 amide bonds. The van der Waals surface area contributed by atoms with Gasteiger partial charge in [0, 0.05) is 30.3 Å². The van der Waals surface area contributed by atoms with Crippen molar-refractivity contribution in [2.75, 3.05) is 13.6 Å². The molecule has 0 atom stereocenters. The predicted octanol–water partition coefficient (Wildman–Crippen LogP) is 1.86. The van der Waals surface area contributed by atoms with Crippen molar-refractivity contribution in [3.05, 3.63) is 59.5 Å². The fourth-order valence-electron chi connectivity index (χ4n) is 1.80. The Balaban J connectivity index is 2.05. The molecule has 0 fully saturated rings. The number of hydrogen-bond donors (Lipinski definition) is 1. The van der Waals surface area contributed by atoms with E-state index in [2.05, 4.69) is 11.8 Å². The van der Waals surface area contributed by atoms with E-state index in [4.69, 9.17) is 10.2 Å². The van der Waals surface area contributed by atoms with Crippen LogP contribution in [-0.4, -0.2) is 24.4 Å². The minimum atomic E-state index is -0.0375. The number of nitrogens with zero attached hydrogens (tertiary/aromatic N) is 1. The number of benzene rings is 1. The van der Waals surface area contributed by atoms with Gasteiger partial charge in [-0.1, -0.05) is 11.8 Å². The molecule has 0 saturated carbocycles. The molecular weight excluding hydrogens is 252 g/mol. The van der Waals surface area contributed by atoms with E-state index in [1.54, 1.807) is 36.6 Å². The minimum Gasteiger partial charge on any atom is -0.472 e. The Morgan fingerprint density at radius 3 is 2.65 bits per heavy atom. The monoisotopic (exact) mass is 268 g/mol. The minimum absolute atomic E-state index is 0.0375. The molecule has 4 heteroatoms. The van der Waals surface area contributed by atoms with Gasteiger partial charge in [0.1, 0.15) is 0 Å². The van der Waals surface area contributed by atoms with Crippen LogP contribution in [0.4, 0.5) is 0 Å². The van der Waals surface area contributed by atoms with Crippen LogP contribution >= 0.6 is 0 Å². The largest absolute Gasteiger partial charge is 0.472 e. The Hall–Kier alpha value is -2.51. The van der Waals surface area contributed by atoms with Crippen molar-refractivity contribution >= 4 is 5.91 Å². The highest BCUT2D eigenvalue weighted by molar-refractivity contribution is 5.94. The molecule has 20 heavy (non-hydrogen) atoms. The first-order valence-electron chi connectivity index (χ1n) is 6.26. The average molecular weight is 268 g/mol. The van der Waals surface area contributed by atoms with E-state index in [9.17, 15) is 4.79 Å². The second-order valence-electron chi connectivity index (χ2n) is 4.38. The van der Waals surface area contributed by atoms with Crippen LogP contribution in [0.1, 0.15) is 21.5 Å². The molecule has 2 N–H and O–H groups in total. The summed E-state index contributed by atoms with van der Waals surface area (Å²) >= 11 is 0. The van der Waals surface area contributed by atoms with Gasteiger partial charge in [-0.15, -0.1) is 0 Å². The summed E-state index contributed by atoms with van der Waals surface area (Å²) in [5, 5.41) is 0. The van der Waals surface area contributed by atoms with Crippen LogP contribution in [0.2, 0.25) is 0 Å². The van der Waals surface area contributed by atoms with Crippen LogP contribution in [0.3, 0.4) is 0 Å². The lowest BCUT2D eigenvalue weighted by Gasteiger charge is -2.16. The van der Waals surface area contributed by atoms with E-state index in [-0.39, 0.29) is 5.91 Å². The lowest BCUT2D eigenvalue weighted by atomic mass is 10.1. The van der Waals surface area contributed by atoms with Gasteiger partial charge in [0.25, 0.3) is 5.91 Å². The number of nitrogens with two attached hydrogens (primary N) is 1. The van der Waals surface area contributed by atoms with Crippen molar-refractivity contribution in [1.82, 2.24) is 4.90 Å². The molecule has 4 nitrogen and oxygen atoms in total. The molecule has 102 valence electrons. The highest BCUT2D eigenvalue weighted by Gasteiger charge is 2.12. The van der Waals surface area contributed by atoms with Crippen LogP contribution in [0.5, 0.6) is 0 Å². The second kappa shape index (κ2) is 6.60. The lowest BCUT2D eigenvalue weighted by molar-refractivity contribution is 0.0785. The first kappa shape index (κ1) is 13.9. The van der Waals surface area contributed by atoms with E-state index in [1.165, 1.54) is 0 Å². The Morgan fingerprint density at radius 2 is 2.05 bits per heavy atom. The first-order valence-corrected chi connectivity index (χ1v) is 6.26. The Bertz CT molecular complexity index is 619. The van der Waals surface area contributed by atoms with Crippen LogP contribution < -0.4 is 5.73 Å². The normalized spacial score (nSPS) is 9.70. The van der Waals surface area contributed by atoms with Crippen LogP contribution in [0, 0.1) is 11.8 Å². The molecule has 0 unspecified atom stereocenters. The number of furan rings is 1. The topological polar surface area (TPSA) is 59.5 Å². The summed E-state index contributed by atoms with van der Waals surface area (Å²) in [7, 11) is 1.76. The fourth-order valence-corrected chi connectivity index (χ4v) is 1.80. The van der Waals surface area contributed by atoms with Gasteiger partial charge in [0.15, 0.2) is 0 Å². The van der Waals surface area contributed by atoms with Crippen LogP contribution in [0.15, 0.2) is 47.3 Å². The van der Waals surface area contributed by atoms with Gasteiger partial charge in [-0.3, -0.25) is 4.79 Å². The quantitative estimate of drug-likeness (QED) is 0.864. The second-order valence-corrected chi connectivity index (χ2v) is 4.38. The summed E-state index contributed by atoms with van der Waals surface area (Å²) < 4.78 is 4.99. The van der Waals surface area contributed by atoms with Crippen molar-refractivity contribution < 1.29 is 9.21 Å². The van der Waals surface area contributed by atoms with Gasteiger partial charge in [-0.2, -0.15) is 0 Å². The molecule has 0 aliphatic heterocycles. The summed E-state index contributed by atoms with van der Waals surface area (Å²) in [4.78, 5) is 13.9. The molecule has 2 rings (SSSR count). The molecule has 0 radical (unpaired) electrons. The van der Waals surface area contributed by atoms with Crippen molar-refractivity contribution in [2.24, 2.45) is 5.73 Å². The number of carbonyl (C=O) groups is 1. The maximum Gasteiger partial charge on any atom is 0.253 e. The van der Waals surface area contributed by atoms with Gasteiger partial charge < -0.3 is 15.1 Å². The zero-order valence-electron chi connectivity index (χ0n) is 11.3. The molecule has 0 aliphatic rings. The average Bonchev–Trinajstić information content (AvgIpc) is 2.97. The predicted molar refractivity (Wildman–Crippen MR) is 76.9 cm³/mol. The summed E-state index contributed by atoms with van der Waals surface area (Å²) in [6.45, 7) is 0.845. The smallest absolute Gasteiger partial charge is 0.253 e. The van der Waals surface area contributed by atoms with Crippen LogP contribution in [0.25, 0.3) is 0 Å². The molecular formula is C16H16N2O2. The number of rotatable bonds is 3. The van der Waals surface area contributed by atoms with E-state index >= 15 is 0 Å². The molecule has 0 spiro atoms. The summed E-state index contributed by atoms with van der Waals surface area (Å²) in [5.74, 6) is 5.66. The number of hydrogen-bond acceptors (Lipinski definition) is 3. The third kappa shape index (κ3) is 3.50. The highest BCUT2D eigenvalue weighted by atomic mass is 16.3. The lowest BCUT2D eigenvalue weighted by Crippen LogP contribution is -2.25. The Morgan fingerprint density at radius 1 is 1.30 bits per heavy atom. The summed E-state index contributed by atoms with van der Waals surface area (Å²) in [6.07, 6.45) is 3.23. The zero-order chi connectivity index (χ0) is 14.4. The van der Waals surface area contributed by atoms with Gasteiger partial charge in [0.05, 0.1) is 19.1 Å². The Kier molecular flexibility index (Phi) is 4.59. The van der Waals surface area contributed by atoms with Gasteiger partial charge in [-0.05, 0) is 30.3 Å². The molecule has 1 aromatic carbocycles. The van der Waals surface area contributed by atoms with Crippen molar-refractivity contribution in [3.63, 3.8) is 0 Å². The summed E-state index contributed by atoms with van der Waals surface area (Å²) in [5.41, 5.74) is 7.77. The maximum atomic E-state index is 12.2. The number of amides is 1. The maximum absolute atomic E-state index is 12.2. The van der Waals surface area contributed by atoms with E-state index < -0.39 is 0 Å². The molecule has 2 aromatic rings. The van der Waals surface area contributed by atoms with Crippen molar-refractivity contribution in [3.8, 4) is 11.8 Å². The molecule has 0 saturated heterocycles. The zero-order valence-corrected chi connectivity index (χ0v) is 11.3. The van der Waals surface area contributed by atoms with E-state index in [0.29, 0.717) is 18.7 Å². The van der Waals surface area contributed by atoms with Gasteiger partial charge in [-0.25, -0.2) is 0 Å². The highest BCUT2D eigenvalue weighted by Crippen LogP contribution is 2.10. The third-order valence-electron chi connectivity index (χ3n) is 2.81. The van der Waals surface area contributed by atoms with Crippen molar-refractivity contribution in [2.45, 2.75) is 6.54 Å². The molecule has 1 aromatic heterocycles. The molecule has 0 bridgehead atoms. The number of carbonyl (C=O) groups excluding carboxylic acids is 1. The standard InChI is InChI=1S/C16H16N2O2/c1-18(11-14-8-10-20-12-14)16(19)15-6-4-13(5-7-15)3-2-9-17/h4-8,10,12H,9,11,17H2,1H3. The third-order valence-corrected chi connectivity index (χ3v) is 2.81. The first-order chi connectivity index (χ1) is 9.70. The summed E-state index contributed by atoms with van der Waals surface area (Å²) in [6, 6.07) is 9.03. The van der Waals surface area contributed by atoms with Gasteiger partial charge >= 0.3 is 0 Å². The SMILES string of the molecule is CN(Cc1ccoc1)C(=O)c1ccc(C#CCN)cc1. The molecule has 0 aliphatic carbocycles. The Labute approximate surface area is 118 Å². The van der Waals surface area contributed by atoms with Crippen molar-refractivity contribution in [1.29, 1.82) is 0 Å².